The summed E-state index contributed by atoms with van der Waals surface area (Å²) < 4.78 is 15.7. The number of hydrogen-bond acceptors (Lipinski definition) is 14. The number of fused-ring (bicyclic) bond motifs is 11. The van der Waals surface area contributed by atoms with Gasteiger partial charge in [-0.05, 0) is 349 Å². The van der Waals surface area contributed by atoms with Gasteiger partial charge >= 0.3 is 0 Å². The lowest BCUT2D eigenvalue weighted by molar-refractivity contribution is -0.134. The molecule has 15 heterocycles. The first-order valence-electron chi connectivity index (χ1n) is 43.7. The number of hydrogen-bond donors (Lipinski definition) is 8. The summed E-state index contributed by atoms with van der Waals surface area (Å²) in [5, 5.41) is 27.3. The molecule has 99 heavy (non-hydrogen) atoms. The molecule has 8 N–H and O–H groups in total. The zero-order valence-corrected chi connectivity index (χ0v) is 63.1. The van der Waals surface area contributed by atoms with Crippen molar-refractivity contribution in [3.8, 4) is 0 Å². The highest BCUT2D eigenvalue weighted by atomic mass is 16.5. The van der Waals surface area contributed by atoms with Gasteiger partial charge in [-0.15, -0.1) is 0 Å². The second kappa shape index (κ2) is 40.8. The molecular formula is C84H149N11O4. The molecule has 24 aliphatic rings. The summed E-state index contributed by atoms with van der Waals surface area (Å²) in [6.45, 7) is 30.5. The van der Waals surface area contributed by atoms with Gasteiger partial charge < -0.3 is 61.6 Å². The van der Waals surface area contributed by atoms with Crippen LogP contribution in [0.2, 0.25) is 0 Å². The smallest absolute Gasteiger partial charge is 0.222 e. The Morgan fingerprint density at radius 3 is 1.40 bits per heavy atom. The summed E-state index contributed by atoms with van der Waals surface area (Å²) in [4.78, 5) is 18.4. The number of piperidine rings is 5. The Balaban J connectivity index is 0.0000000972. The maximum atomic E-state index is 11.2. The molecule has 0 aromatic heterocycles. The van der Waals surface area contributed by atoms with E-state index in [9.17, 15) is 4.79 Å². The lowest BCUT2D eigenvalue weighted by Crippen LogP contribution is -2.47. The van der Waals surface area contributed by atoms with E-state index in [0.29, 0.717) is 18.1 Å². The number of amides is 1. The topological polar surface area (TPSA) is 151 Å². The van der Waals surface area contributed by atoms with Crippen LogP contribution in [0.1, 0.15) is 231 Å². The van der Waals surface area contributed by atoms with Crippen molar-refractivity contribution in [1.82, 2.24) is 57.2 Å². The molecule has 564 valence electrons. The molecule has 0 spiro atoms. The summed E-state index contributed by atoms with van der Waals surface area (Å²) >= 11 is 0. The van der Waals surface area contributed by atoms with Gasteiger partial charge in [0.15, 0.2) is 0 Å². The van der Waals surface area contributed by atoms with Crippen molar-refractivity contribution in [3.05, 3.63) is 23.0 Å². The maximum Gasteiger partial charge on any atom is 0.222 e. The minimum atomic E-state index is 0.397. The summed E-state index contributed by atoms with van der Waals surface area (Å²) in [5.41, 5.74) is 3.43. The molecule has 24 rings (SSSR count). The Morgan fingerprint density at radius 1 is 0.343 bits per heavy atom. The Labute approximate surface area is 604 Å². The number of morpholine rings is 1. The molecule has 14 saturated heterocycles. The van der Waals surface area contributed by atoms with Crippen LogP contribution in [0.3, 0.4) is 0 Å². The van der Waals surface area contributed by atoms with Gasteiger partial charge in [-0.2, -0.15) is 0 Å². The molecular weight excluding hydrogens is 1230 g/mol. The first-order valence-corrected chi connectivity index (χ1v) is 43.7. The second-order valence-corrected chi connectivity index (χ2v) is 35.6. The first kappa shape index (κ1) is 75.5. The molecule has 7 saturated carbocycles. The standard InChI is InChI=1S/C10H19N.C8H13NO.C8H15N.C7H14N2.C7H13NO.2C7H13N.C7H11N.C6H11N.C6H10O.C6H8O.C5H9N/c1-3-9-5-2-7-11-8-6-10(9)4-1;10-8-5-1-3-7-4-2-6-9(7)8;1-2-7-4-5-9-6-8(7)3-1;1-2-7-6-8-3-5-9(7)4-1;1-2-7-6-9-5-4-8(7)3-1;1-2-7-5-8-4-3-6(1)7;2*1-2-6-4-8-5-7(6)3-1;1-2-7-4-6-3-5(1)6;2*1-2-5-4-7-6(5)3-1;1-4-2-6-3-5(1)4/h9-11H,1-8H2;7H,1-6H2;7-9H,1-6H2;7-8H,1-6H2;7H,1-6H2;2*6-8H,1-5H2;8H,1-5H2;5-7H,1-4H2;5-6H,1-4H2;3,5H,1-2,4H2;4-6H,1-3H2. The molecule has 0 aromatic carbocycles. The predicted molar refractivity (Wildman–Crippen MR) is 406 cm³/mol. The Kier molecular flexibility index (Phi) is 31.1. The van der Waals surface area contributed by atoms with Crippen molar-refractivity contribution >= 4 is 5.91 Å². The number of nitrogens with zero attached hydrogens (tertiary/aromatic N) is 3. The van der Waals surface area contributed by atoms with Crippen molar-refractivity contribution in [2.75, 3.05) is 164 Å². The number of nitrogens with one attached hydrogen (secondary N) is 8. The minimum absolute atomic E-state index is 0.397. The van der Waals surface area contributed by atoms with Crippen LogP contribution in [0.4, 0.5) is 0 Å². The lowest BCUT2D eigenvalue weighted by atomic mass is 9.70. The third-order valence-electron chi connectivity index (χ3n) is 29.1. The van der Waals surface area contributed by atoms with Crippen molar-refractivity contribution in [2.45, 2.75) is 255 Å². The quantitative estimate of drug-likeness (QED) is 0.109. The van der Waals surface area contributed by atoms with E-state index >= 15 is 0 Å². The molecule has 9 aliphatic carbocycles. The van der Waals surface area contributed by atoms with Crippen molar-refractivity contribution in [2.24, 2.45) is 82.9 Å². The van der Waals surface area contributed by atoms with Gasteiger partial charge in [0.2, 0.25) is 5.91 Å². The molecule has 15 heteroatoms. The maximum absolute atomic E-state index is 11.2. The van der Waals surface area contributed by atoms with E-state index < -0.39 is 0 Å². The number of allylic oxidation sites excluding steroid dienone is 1. The minimum Gasteiger partial charge on any atom is -0.497 e. The van der Waals surface area contributed by atoms with E-state index in [2.05, 4.69) is 63.3 Å². The molecule has 15 nitrogen and oxygen atoms in total. The van der Waals surface area contributed by atoms with Crippen molar-refractivity contribution < 1.29 is 19.0 Å². The number of carbonyl (C=O) groups excluding carboxylic acids is 1. The van der Waals surface area contributed by atoms with Crippen molar-refractivity contribution in [3.63, 3.8) is 0 Å². The van der Waals surface area contributed by atoms with Gasteiger partial charge in [-0.25, -0.2) is 0 Å². The van der Waals surface area contributed by atoms with Crippen LogP contribution in [-0.4, -0.2) is 209 Å². The molecule has 21 fully saturated rings. The first-order chi connectivity index (χ1) is 49.0. The summed E-state index contributed by atoms with van der Waals surface area (Å²) in [5.74, 6) is 16.6. The Hall–Kier alpha value is -1.73. The second-order valence-electron chi connectivity index (χ2n) is 35.6. The largest absolute Gasteiger partial charge is 0.497 e. The van der Waals surface area contributed by atoms with Crippen LogP contribution in [0, 0.1) is 82.9 Å². The number of rotatable bonds is 0. The SMILES string of the molecule is C1=C2OCC2CC1.C1CC2=C(C1)CNC2.C1CC2CC2CN1.C1CC2CCC2CN1.C1CC2CCNCC2C1.C1CC2CNCC2C1.C1CC2CNCCN2C1.C1CC2COC2C1.C1CC2COCCN2C1.C1CNCCC2CCCC2C1.C1NCC2CC12.O=C1CCCC2CCCN12. The van der Waals surface area contributed by atoms with Crippen LogP contribution >= 0.6 is 0 Å². The van der Waals surface area contributed by atoms with Gasteiger partial charge in [-0.1, -0.05) is 56.1 Å². The Bertz CT molecular complexity index is 2200. The van der Waals surface area contributed by atoms with Crippen LogP contribution in [-0.2, 0) is 19.0 Å². The van der Waals surface area contributed by atoms with E-state index in [-0.39, 0.29) is 0 Å². The number of piperazine rings is 1. The fourth-order valence-electron chi connectivity index (χ4n) is 22.0. The van der Waals surface area contributed by atoms with E-state index in [1.165, 1.54) is 355 Å². The number of ether oxygens (including phenoxy) is 3. The van der Waals surface area contributed by atoms with Gasteiger partial charge in [0.1, 0.15) is 0 Å². The van der Waals surface area contributed by atoms with Crippen LogP contribution in [0.5, 0.6) is 0 Å². The van der Waals surface area contributed by atoms with Gasteiger partial charge in [0.25, 0.3) is 0 Å². The van der Waals surface area contributed by atoms with Gasteiger partial charge in [0, 0.05) is 76.3 Å². The van der Waals surface area contributed by atoms with E-state index in [1.54, 1.807) is 11.1 Å². The van der Waals surface area contributed by atoms with E-state index in [1.807, 2.05) is 0 Å². The van der Waals surface area contributed by atoms with Gasteiger partial charge in [0.05, 0.1) is 44.2 Å². The average molecular weight is 1380 g/mol. The highest BCUT2D eigenvalue weighted by Crippen LogP contribution is 2.44. The summed E-state index contributed by atoms with van der Waals surface area (Å²) in [6, 6.07) is 2.29. The molecule has 0 aromatic rings. The molecule has 1 amide bonds. The summed E-state index contributed by atoms with van der Waals surface area (Å²) in [6.07, 6.45) is 53.5. The lowest BCUT2D eigenvalue weighted by Gasteiger charge is -2.40. The molecule has 0 radical (unpaired) electrons. The average Bonchev–Trinajstić information content (AvgIpc) is 1.63. The van der Waals surface area contributed by atoms with Crippen molar-refractivity contribution in [1.29, 1.82) is 0 Å². The zero-order chi connectivity index (χ0) is 67.1. The fourth-order valence-corrected chi connectivity index (χ4v) is 22.0. The van der Waals surface area contributed by atoms with Crippen LogP contribution in [0.25, 0.3) is 0 Å². The zero-order valence-electron chi connectivity index (χ0n) is 63.1. The summed E-state index contributed by atoms with van der Waals surface area (Å²) in [7, 11) is 0. The monoisotopic (exact) mass is 1380 g/mol. The Morgan fingerprint density at radius 2 is 0.869 bits per heavy atom. The van der Waals surface area contributed by atoms with Gasteiger partial charge in [-0.3, -0.25) is 14.6 Å². The van der Waals surface area contributed by atoms with Crippen LogP contribution < -0.4 is 42.5 Å². The highest BCUT2D eigenvalue weighted by molar-refractivity contribution is 5.77. The van der Waals surface area contributed by atoms with E-state index in [0.717, 1.165) is 141 Å². The molecule has 18 unspecified atom stereocenters. The third kappa shape index (κ3) is 23.4. The van der Waals surface area contributed by atoms with Crippen LogP contribution in [0.15, 0.2) is 23.0 Å². The number of carbonyl (C=O) groups is 1. The third-order valence-corrected chi connectivity index (χ3v) is 29.1. The predicted octanol–water partition coefficient (Wildman–Crippen LogP) is 11.7. The highest BCUT2D eigenvalue weighted by Gasteiger charge is 2.41. The van der Waals surface area contributed by atoms with E-state index in [4.69, 9.17) is 14.2 Å². The normalized spacial score (nSPS) is 40.1. The molecule has 0 bridgehead atoms. The molecule has 18 atom stereocenters. The molecule has 15 aliphatic heterocycles. The fraction of sp³-hybridized carbons (Fsp3) is 0.940.